The van der Waals surface area contributed by atoms with Crippen molar-refractivity contribution in [1.29, 1.82) is 0 Å². The Morgan fingerprint density at radius 3 is 2.59 bits per heavy atom. The van der Waals surface area contributed by atoms with Crippen LogP contribution in [0.1, 0.15) is 6.42 Å². The molecule has 4 nitrogen and oxygen atoms in total. The minimum atomic E-state index is -0.879. The van der Waals surface area contributed by atoms with E-state index in [-0.39, 0.29) is 6.61 Å². The van der Waals surface area contributed by atoms with Crippen molar-refractivity contribution in [2.75, 3.05) is 20.3 Å². The summed E-state index contributed by atoms with van der Waals surface area (Å²) in [5, 5.41) is 9.58. The molecule has 0 fully saturated rings. The van der Waals surface area contributed by atoms with Crippen LogP contribution in [0, 0.1) is 5.92 Å². The Morgan fingerprint density at radius 1 is 1.41 bits per heavy atom. The van der Waals surface area contributed by atoms with Gasteiger partial charge in [-0.2, -0.15) is 0 Å². The maximum Gasteiger partial charge on any atom is 0.310 e. The van der Waals surface area contributed by atoms with Gasteiger partial charge in [-0.1, -0.05) is 11.6 Å². The van der Waals surface area contributed by atoms with Gasteiger partial charge in [0.05, 0.1) is 5.92 Å². The van der Waals surface area contributed by atoms with Gasteiger partial charge in [-0.3, -0.25) is 4.79 Å². The fourth-order valence-electron chi connectivity index (χ4n) is 1.27. The third-order valence-electron chi connectivity index (χ3n) is 2.28. The third-order valence-corrected chi connectivity index (χ3v) is 2.54. The topological polar surface area (TPSA) is 55.8 Å². The van der Waals surface area contributed by atoms with Crippen LogP contribution in [-0.4, -0.2) is 31.4 Å². The Balaban J connectivity index is 2.45. The van der Waals surface area contributed by atoms with Crippen molar-refractivity contribution in [3.05, 3.63) is 29.3 Å². The van der Waals surface area contributed by atoms with Crippen LogP contribution >= 0.6 is 11.6 Å². The molecule has 1 unspecified atom stereocenters. The smallest absolute Gasteiger partial charge is 0.310 e. The van der Waals surface area contributed by atoms with Gasteiger partial charge in [0.25, 0.3) is 0 Å². The molecule has 17 heavy (non-hydrogen) atoms. The van der Waals surface area contributed by atoms with E-state index in [2.05, 4.69) is 0 Å². The lowest BCUT2D eigenvalue weighted by atomic mass is 10.1. The molecular weight excluding hydrogens is 244 g/mol. The summed E-state index contributed by atoms with van der Waals surface area (Å²) in [6.45, 7) is 0.529. The Bertz CT molecular complexity index is 350. The molecule has 1 N–H and O–H groups in total. The van der Waals surface area contributed by atoms with Gasteiger partial charge in [-0.15, -0.1) is 0 Å². The first-order valence-corrected chi connectivity index (χ1v) is 5.61. The number of carboxylic acids is 1. The first-order chi connectivity index (χ1) is 8.13. The fraction of sp³-hybridized carbons (Fsp3) is 0.417. The molecule has 1 atom stereocenters. The van der Waals surface area contributed by atoms with Gasteiger partial charge in [-0.05, 0) is 30.7 Å². The van der Waals surface area contributed by atoms with Gasteiger partial charge in [0.15, 0.2) is 0 Å². The van der Waals surface area contributed by atoms with Crippen LogP contribution in [-0.2, 0) is 9.53 Å². The van der Waals surface area contributed by atoms with Crippen LogP contribution in [0.5, 0.6) is 5.75 Å². The summed E-state index contributed by atoms with van der Waals surface area (Å²) in [7, 11) is 1.54. The maximum absolute atomic E-state index is 10.9. The number of ether oxygens (including phenoxy) is 2. The highest BCUT2D eigenvalue weighted by molar-refractivity contribution is 6.30. The highest BCUT2D eigenvalue weighted by Crippen LogP contribution is 2.17. The zero-order valence-corrected chi connectivity index (χ0v) is 10.3. The van der Waals surface area contributed by atoms with Crippen molar-refractivity contribution in [2.45, 2.75) is 6.42 Å². The minimum Gasteiger partial charge on any atom is -0.493 e. The normalized spacial score (nSPS) is 12.1. The van der Waals surface area contributed by atoms with E-state index in [0.717, 1.165) is 0 Å². The predicted molar refractivity (Wildman–Crippen MR) is 64.6 cm³/mol. The quantitative estimate of drug-likeness (QED) is 0.816. The van der Waals surface area contributed by atoms with Crippen LogP contribution < -0.4 is 4.74 Å². The lowest BCUT2D eigenvalue weighted by Crippen LogP contribution is -2.23. The molecule has 5 heteroatoms. The van der Waals surface area contributed by atoms with E-state index >= 15 is 0 Å². The predicted octanol–water partition coefficient (Wildman–Crippen LogP) is 2.46. The monoisotopic (exact) mass is 258 g/mol. The molecular formula is C12H15ClO4. The summed E-state index contributed by atoms with van der Waals surface area (Å²) >= 11 is 5.73. The Morgan fingerprint density at radius 2 is 2.06 bits per heavy atom. The highest BCUT2D eigenvalue weighted by Gasteiger charge is 2.17. The van der Waals surface area contributed by atoms with Crippen LogP contribution in [0.25, 0.3) is 0 Å². The van der Waals surface area contributed by atoms with Crippen molar-refractivity contribution < 1.29 is 19.4 Å². The van der Waals surface area contributed by atoms with Crippen molar-refractivity contribution in [3.8, 4) is 5.75 Å². The first kappa shape index (κ1) is 13.8. The summed E-state index contributed by atoms with van der Waals surface area (Å²) < 4.78 is 10.2. The number of carboxylic acid groups (broad SMARTS) is 1. The second-order valence-electron chi connectivity index (χ2n) is 3.58. The summed E-state index contributed by atoms with van der Waals surface area (Å²) in [6, 6.07) is 6.80. The first-order valence-electron chi connectivity index (χ1n) is 5.23. The molecule has 0 amide bonds. The van der Waals surface area contributed by atoms with Gasteiger partial charge in [0.1, 0.15) is 12.4 Å². The third kappa shape index (κ3) is 5.06. The fourth-order valence-corrected chi connectivity index (χ4v) is 1.39. The summed E-state index contributed by atoms with van der Waals surface area (Å²) in [6.07, 6.45) is 0.430. The number of methoxy groups -OCH3 is 1. The zero-order chi connectivity index (χ0) is 12.7. The lowest BCUT2D eigenvalue weighted by Gasteiger charge is -2.13. The van der Waals surface area contributed by atoms with Crippen molar-refractivity contribution in [2.24, 2.45) is 5.92 Å². The van der Waals surface area contributed by atoms with Crippen molar-refractivity contribution in [1.82, 2.24) is 0 Å². The van der Waals surface area contributed by atoms with Crippen LogP contribution in [0.2, 0.25) is 5.02 Å². The standard InChI is InChI=1S/C12H15ClO4/c1-16-7-6-9(12(14)15)8-17-11-4-2-10(13)3-5-11/h2-5,9H,6-8H2,1H3,(H,14,15). The maximum atomic E-state index is 10.9. The van der Waals surface area contributed by atoms with E-state index in [1.807, 2.05) is 0 Å². The van der Waals surface area contributed by atoms with Crippen molar-refractivity contribution >= 4 is 17.6 Å². The number of aliphatic carboxylic acids is 1. The summed E-state index contributed by atoms with van der Waals surface area (Å²) in [5.41, 5.74) is 0. The largest absolute Gasteiger partial charge is 0.493 e. The van der Waals surface area contributed by atoms with Crippen molar-refractivity contribution in [3.63, 3.8) is 0 Å². The van der Waals surface area contributed by atoms with E-state index in [4.69, 9.17) is 26.2 Å². The van der Waals surface area contributed by atoms with Gasteiger partial charge in [-0.25, -0.2) is 0 Å². The van der Waals surface area contributed by atoms with E-state index in [9.17, 15) is 4.79 Å². The second kappa shape index (κ2) is 7.14. The Kier molecular flexibility index (Phi) is 5.80. The second-order valence-corrected chi connectivity index (χ2v) is 4.02. The van der Waals surface area contributed by atoms with E-state index < -0.39 is 11.9 Å². The van der Waals surface area contributed by atoms with E-state index in [1.54, 1.807) is 31.4 Å². The molecule has 0 saturated carbocycles. The van der Waals surface area contributed by atoms with Crippen LogP contribution in [0.3, 0.4) is 0 Å². The van der Waals surface area contributed by atoms with Gasteiger partial charge in [0.2, 0.25) is 0 Å². The number of hydrogen-bond acceptors (Lipinski definition) is 3. The molecule has 0 radical (unpaired) electrons. The Hall–Kier alpha value is -1.26. The number of carbonyl (C=O) groups is 1. The molecule has 0 aliphatic carbocycles. The molecule has 0 saturated heterocycles. The summed E-state index contributed by atoms with van der Waals surface area (Å²) in [5.74, 6) is -0.834. The molecule has 1 aromatic rings. The lowest BCUT2D eigenvalue weighted by molar-refractivity contribution is -0.143. The van der Waals surface area contributed by atoms with Gasteiger partial charge >= 0.3 is 5.97 Å². The SMILES string of the molecule is COCCC(COc1ccc(Cl)cc1)C(=O)O. The van der Waals surface area contributed by atoms with Crippen LogP contribution in [0.15, 0.2) is 24.3 Å². The molecule has 0 aliphatic rings. The number of rotatable bonds is 7. The number of halogens is 1. The number of hydrogen-bond donors (Lipinski definition) is 1. The highest BCUT2D eigenvalue weighted by atomic mass is 35.5. The molecule has 0 aliphatic heterocycles. The van der Waals surface area contributed by atoms with Gasteiger partial charge < -0.3 is 14.6 Å². The average Bonchev–Trinajstić information content (AvgIpc) is 2.31. The molecule has 0 heterocycles. The molecule has 1 aromatic carbocycles. The molecule has 0 spiro atoms. The van der Waals surface area contributed by atoms with Gasteiger partial charge in [0, 0.05) is 18.7 Å². The summed E-state index contributed by atoms with van der Waals surface area (Å²) in [4.78, 5) is 10.9. The number of benzene rings is 1. The zero-order valence-electron chi connectivity index (χ0n) is 9.56. The molecule has 94 valence electrons. The minimum absolute atomic E-state index is 0.125. The van der Waals surface area contributed by atoms with Crippen LogP contribution in [0.4, 0.5) is 0 Å². The van der Waals surface area contributed by atoms with E-state index in [0.29, 0.717) is 23.8 Å². The Labute approximate surface area is 105 Å². The van der Waals surface area contributed by atoms with E-state index in [1.165, 1.54) is 0 Å². The average molecular weight is 259 g/mol. The molecule has 0 aromatic heterocycles. The molecule has 1 rings (SSSR count). The molecule has 0 bridgehead atoms.